The van der Waals surface area contributed by atoms with Crippen LogP contribution in [0.5, 0.6) is 0 Å². The second kappa shape index (κ2) is 14.0. The molecule has 1 rings (SSSR count). The summed E-state index contributed by atoms with van der Waals surface area (Å²) in [6, 6.07) is 0. The maximum absolute atomic E-state index is 5.43. The molecule has 1 aliphatic rings. The number of nitrogens with zero attached hydrogens (tertiary/aromatic N) is 1. The van der Waals surface area contributed by atoms with Crippen LogP contribution in [0.25, 0.3) is 0 Å². The number of hydrogen-bond acceptors (Lipinski definition) is 1. The van der Waals surface area contributed by atoms with Crippen LogP contribution in [0.15, 0.2) is 53.0 Å². The van der Waals surface area contributed by atoms with Gasteiger partial charge in [-0.2, -0.15) is 0 Å². The van der Waals surface area contributed by atoms with Crippen molar-refractivity contribution < 1.29 is 21.7 Å². The van der Waals surface area contributed by atoms with Crippen molar-refractivity contribution in [3.63, 3.8) is 0 Å². The van der Waals surface area contributed by atoms with Gasteiger partial charge in [0.1, 0.15) is 0 Å². The molecule has 1 nitrogen and oxygen atoms in total. The van der Waals surface area contributed by atoms with E-state index in [1.165, 1.54) is 25.0 Å². The van der Waals surface area contributed by atoms with Gasteiger partial charge in [-0.25, -0.2) is 0 Å². The molecule has 0 spiro atoms. The molecule has 0 saturated carbocycles. The van der Waals surface area contributed by atoms with Gasteiger partial charge in [0.15, 0.2) is 0 Å². The first kappa shape index (κ1) is 28.1. The molecular formula is C23H42NPTi. The van der Waals surface area contributed by atoms with Crippen LogP contribution in [-0.4, -0.2) is 17.0 Å². The zero-order chi connectivity index (χ0) is 19.6. The SMILES string of the molecule is C=C(C)C(=C)C.CCC(C)P(=NC1=CC=CC1)(C(C)CC)C(C)CC.[Ti]. The minimum atomic E-state index is -1.30. The Morgan fingerprint density at radius 2 is 1.35 bits per heavy atom. The van der Waals surface area contributed by atoms with E-state index in [4.69, 9.17) is 4.74 Å². The molecule has 3 atom stereocenters. The molecule has 3 unspecified atom stereocenters. The minimum absolute atomic E-state index is 0. The zero-order valence-corrected chi connectivity index (χ0v) is 21.1. The molecule has 0 radical (unpaired) electrons. The Hall–Kier alpha value is -0.0957. The molecule has 0 bridgehead atoms. The van der Waals surface area contributed by atoms with Gasteiger partial charge < -0.3 is 0 Å². The van der Waals surface area contributed by atoms with E-state index in [9.17, 15) is 0 Å². The van der Waals surface area contributed by atoms with Gasteiger partial charge in [0, 0.05) is 33.8 Å². The standard InChI is InChI=1S/C17H32NP.C6H10.Ti/c1-7-14(4)19(15(5)8-2,16(6)9-3)18-17-12-10-11-13-17;1-5(2)6(3)4;/h10-12,14-16H,7-9,13H2,1-6H3;1,3H2,2,4H3;. The topological polar surface area (TPSA) is 12.4 Å². The third-order valence-electron chi connectivity index (χ3n) is 5.67. The first-order valence-corrected chi connectivity index (χ1v) is 11.9. The molecule has 148 valence electrons. The van der Waals surface area contributed by atoms with Crippen LogP contribution >= 0.6 is 7.05 Å². The van der Waals surface area contributed by atoms with E-state index in [-0.39, 0.29) is 21.7 Å². The van der Waals surface area contributed by atoms with Gasteiger partial charge in [0.05, 0.1) is 0 Å². The summed E-state index contributed by atoms with van der Waals surface area (Å²) in [6.07, 6.45) is 11.4. The summed E-state index contributed by atoms with van der Waals surface area (Å²) in [5, 5.41) is 0. The Morgan fingerprint density at radius 1 is 0.962 bits per heavy atom. The normalized spacial score (nSPS) is 18.2. The molecule has 0 aromatic rings. The van der Waals surface area contributed by atoms with Crippen LogP contribution in [0, 0.1) is 0 Å². The van der Waals surface area contributed by atoms with Crippen molar-refractivity contribution in [2.24, 2.45) is 4.74 Å². The summed E-state index contributed by atoms with van der Waals surface area (Å²) in [7, 11) is -1.30. The Bertz CT molecular complexity index is 511. The average Bonchev–Trinajstić information content (AvgIpc) is 3.10. The van der Waals surface area contributed by atoms with Crippen LogP contribution in [0.4, 0.5) is 0 Å². The molecule has 0 heterocycles. The molecule has 0 amide bonds. The van der Waals surface area contributed by atoms with E-state index in [0.717, 1.165) is 34.5 Å². The van der Waals surface area contributed by atoms with Crippen molar-refractivity contribution in [1.82, 2.24) is 0 Å². The first-order chi connectivity index (χ1) is 11.7. The predicted octanol–water partition coefficient (Wildman–Crippen LogP) is 8.56. The van der Waals surface area contributed by atoms with Crippen molar-refractivity contribution >= 4 is 7.05 Å². The number of hydrogen-bond donors (Lipinski definition) is 0. The zero-order valence-electron chi connectivity index (χ0n) is 18.6. The van der Waals surface area contributed by atoms with E-state index in [0.29, 0.717) is 0 Å². The second-order valence-corrected chi connectivity index (χ2v) is 11.9. The molecule has 0 fully saturated rings. The van der Waals surface area contributed by atoms with E-state index in [1.54, 1.807) is 0 Å². The summed E-state index contributed by atoms with van der Waals surface area (Å²) in [6.45, 7) is 25.5. The second-order valence-electron chi connectivity index (χ2n) is 7.52. The van der Waals surface area contributed by atoms with E-state index in [2.05, 4.69) is 72.9 Å². The van der Waals surface area contributed by atoms with Crippen molar-refractivity contribution in [2.75, 3.05) is 0 Å². The third kappa shape index (κ3) is 7.88. The molecular weight excluding hydrogens is 369 g/mol. The Kier molecular flexibility index (Phi) is 15.1. The molecule has 0 saturated heterocycles. The minimum Gasteiger partial charge on any atom is -0.271 e. The van der Waals surface area contributed by atoms with Gasteiger partial charge in [0.25, 0.3) is 0 Å². The fraction of sp³-hybridized carbons (Fsp3) is 0.652. The predicted molar refractivity (Wildman–Crippen MR) is 120 cm³/mol. The Morgan fingerprint density at radius 3 is 1.58 bits per heavy atom. The van der Waals surface area contributed by atoms with Gasteiger partial charge >= 0.3 is 0 Å². The summed E-state index contributed by atoms with van der Waals surface area (Å²) in [5.74, 6) is 0. The molecule has 1 aliphatic carbocycles. The molecule has 0 N–H and O–H groups in total. The fourth-order valence-electron chi connectivity index (χ4n) is 3.21. The smallest absolute Gasteiger partial charge is 0.0425 e. The van der Waals surface area contributed by atoms with Crippen LogP contribution in [0.3, 0.4) is 0 Å². The van der Waals surface area contributed by atoms with Crippen molar-refractivity contribution in [1.29, 1.82) is 0 Å². The number of rotatable bonds is 8. The first-order valence-electron chi connectivity index (χ1n) is 9.95. The fourth-order valence-corrected chi connectivity index (χ4v) is 8.75. The van der Waals surface area contributed by atoms with Crippen molar-refractivity contribution in [3.8, 4) is 0 Å². The Labute approximate surface area is 179 Å². The summed E-state index contributed by atoms with van der Waals surface area (Å²) >= 11 is 0. The van der Waals surface area contributed by atoms with Gasteiger partial charge in [0.2, 0.25) is 0 Å². The molecule has 3 heteroatoms. The van der Waals surface area contributed by atoms with Crippen LogP contribution in [0.1, 0.15) is 81.1 Å². The number of allylic oxidation sites excluding steroid dienone is 5. The average molecular weight is 411 g/mol. The summed E-state index contributed by atoms with van der Waals surface area (Å²) < 4.78 is 5.43. The molecule has 26 heavy (non-hydrogen) atoms. The summed E-state index contributed by atoms with van der Waals surface area (Å²) in [5.41, 5.74) is 5.70. The monoisotopic (exact) mass is 411 g/mol. The molecule has 0 aromatic heterocycles. The molecule has 0 aliphatic heterocycles. The van der Waals surface area contributed by atoms with Gasteiger partial charge in [-0.3, -0.25) is 4.74 Å². The van der Waals surface area contributed by atoms with Crippen LogP contribution in [0.2, 0.25) is 0 Å². The van der Waals surface area contributed by atoms with Crippen LogP contribution < -0.4 is 0 Å². The van der Waals surface area contributed by atoms with Crippen molar-refractivity contribution in [3.05, 3.63) is 48.2 Å². The van der Waals surface area contributed by atoms with Gasteiger partial charge in [-0.15, -0.1) is 0 Å². The van der Waals surface area contributed by atoms with E-state index < -0.39 is 7.05 Å². The summed E-state index contributed by atoms with van der Waals surface area (Å²) in [4.78, 5) is 0. The van der Waals surface area contributed by atoms with Crippen LogP contribution in [-0.2, 0) is 21.7 Å². The third-order valence-corrected chi connectivity index (χ3v) is 11.6. The Balaban J connectivity index is 0. The quantitative estimate of drug-likeness (QED) is 0.215. The maximum Gasteiger partial charge on any atom is 0.0425 e. The van der Waals surface area contributed by atoms with Crippen molar-refractivity contribution in [2.45, 2.75) is 98.1 Å². The van der Waals surface area contributed by atoms with Gasteiger partial charge in [-0.1, -0.05) is 78.0 Å². The van der Waals surface area contributed by atoms with E-state index >= 15 is 0 Å². The van der Waals surface area contributed by atoms with Gasteiger partial charge in [-0.05, 0) is 63.2 Å². The maximum atomic E-state index is 5.43. The largest absolute Gasteiger partial charge is 0.271 e. The van der Waals surface area contributed by atoms with E-state index in [1.807, 2.05) is 13.8 Å². The molecule has 0 aromatic carbocycles.